The topological polar surface area (TPSA) is 88.9 Å². The van der Waals surface area contributed by atoms with Crippen molar-refractivity contribution >= 4 is 11.8 Å². The van der Waals surface area contributed by atoms with Gasteiger partial charge in [-0.05, 0) is 13.3 Å². The normalized spacial score (nSPS) is 14.7. The molecule has 2 rings (SSSR count). The maximum Gasteiger partial charge on any atom is 0.274 e. The number of hydrogen-bond acceptors (Lipinski definition) is 5. The summed E-state index contributed by atoms with van der Waals surface area (Å²) < 4.78 is 5.34. The fourth-order valence-corrected chi connectivity index (χ4v) is 3.05. The lowest BCUT2D eigenvalue weighted by Crippen LogP contribution is -3.14. The molecular weight excluding hydrogens is 346 g/mol. The summed E-state index contributed by atoms with van der Waals surface area (Å²) in [5.41, 5.74) is 1.09. The second-order valence-electron chi connectivity index (χ2n) is 6.90. The number of aryl methyl sites for hydroxylation is 1. The molecule has 0 bridgehead atoms. The summed E-state index contributed by atoms with van der Waals surface area (Å²) in [6.45, 7) is 10.3. The Hall–Kier alpha value is -2.06. The second-order valence-corrected chi connectivity index (χ2v) is 6.90. The van der Waals surface area contributed by atoms with Gasteiger partial charge in [-0.25, -0.2) is 4.98 Å². The van der Waals surface area contributed by atoms with Crippen LogP contribution in [0.3, 0.4) is 0 Å². The molecule has 2 N–H and O–H groups in total. The van der Waals surface area contributed by atoms with Crippen molar-refractivity contribution in [2.45, 2.75) is 33.1 Å². The first-order valence-electron chi connectivity index (χ1n) is 9.86. The number of nitrogens with one attached hydrogen (secondary N) is 2. The number of morpholine rings is 1. The van der Waals surface area contributed by atoms with Crippen LogP contribution >= 0.6 is 0 Å². The Balaban J connectivity index is 1.69. The van der Waals surface area contributed by atoms with Crippen LogP contribution in [0.5, 0.6) is 0 Å². The third-order valence-corrected chi connectivity index (χ3v) is 4.62. The van der Waals surface area contributed by atoms with Crippen molar-refractivity contribution in [3.63, 3.8) is 0 Å². The molecule has 1 aliphatic heterocycles. The third-order valence-electron chi connectivity index (χ3n) is 4.62. The Labute approximate surface area is 161 Å². The van der Waals surface area contributed by atoms with Crippen molar-refractivity contribution in [2.75, 3.05) is 52.5 Å². The van der Waals surface area contributed by atoms with Crippen LogP contribution in [0.1, 0.15) is 42.4 Å². The van der Waals surface area contributed by atoms with Gasteiger partial charge < -0.3 is 19.9 Å². The Kier molecular flexibility index (Phi) is 9.13. The molecule has 1 aromatic heterocycles. The van der Waals surface area contributed by atoms with E-state index >= 15 is 0 Å². The van der Waals surface area contributed by atoms with E-state index < -0.39 is 0 Å². The number of aromatic nitrogens is 2. The lowest BCUT2D eigenvalue weighted by molar-refractivity contribution is -0.908. The van der Waals surface area contributed by atoms with Gasteiger partial charge in [0.2, 0.25) is 5.91 Å². The number of amides is 2. The van der Waals surface area contributed by atoms with Crippen LogP contribution in [-0.4, -0.2) is 79.2 Å². The van der Waals surface area contributed by atoms with Gasteiger partial charge in [0, 0.05) is 38.7 Å². The van der Waals surface area contributed by atoms with Crippen LogP contribution in [0.15, 0.2) is 12.4 Å². The summed E-state index contributed by atoms with van der Waals surface area (Å²) in [4.78, 5) is 36.2. The molecule has 8 heteroatoms. The monoisotopic (exact) mass is 378 g/mol. The minimum absolute atomic E-state index is 0.0177. The molecule has 0 atom stereocenters. The first-order valence-corrected chi connectivity index (χ1v) is 9.86. The fraction of sp³-hybridized carbons (Fsp3) is 0.684. The molecule has 0 aliphatic carbocycles. The van der Waals surface area contributed by atoms with E-state index in [2.05, 4.69) is 15.3 Å². The molecule has 150 valence electrons. The molecule has 1 saturated heterocycles. The second kappa shape index (κ2) is 11.6. The van der Waals surface area contributed by atoms with Gasteiger partial charge in [-0.1, -0.05) is 6.92 Å². The van der Waals surface area contributed by atoms with Crippen molar-refractivity contribution < 1.29 is 19.2 Å². The average molecular weight is 378 g/mol. The van der Waals surface area contributed by atoms with E-state index in [0.29, 0.717) is 31.7 Å². The number of hydrogen-bond donors (Lipinski definition) is 2. The van der Waals surface area contributed by atoms with E-state index in [1.807, 2.05) is 13.8 Å². The molecule has 0 unspecified atom stereocenters. The molecule has 0 saturated carbocycles. The zero-order valence-corrected chi connectivity index (χ0v) is 16.5. The minimum atomic E-state index is -0.173. The molecule has 1 aliphatic rings. The van der Waals surface area contributed by atoms with E-state index in [9.17, 15) is 9.59 Å². The Morgan fingerprint density at radius 3 is 2.67 bits per heavy atom. The van der Waals surface area contributed by atoms with E-state index in [-0.39, 0.29) is 11.8 Å². The van der Waals surface area contributed by atoms with Crippen LogP contribution in [0.25, 0.3) is 0 Å². The molecule has 1 aromatic rings. The van der Waals surface area contributed by atoms with Gasteiger partial charge in [-0.15, -0.1) is 0 Å². The summed E-state index contributed by atoms with van der Waals surface area (Å²) in [6, 6.07) is 0. The lowest BCUT2D eigenvalue weighted by atomic mass is 10.2. The smallest absolute Gasteiger partial charge is 0.274 e. The summed E-state index contributed by atoms with van der Waals surface area (Å²) in [6.07, 6.45) is 5.16. The molecule has 0 radical (unpaired) electrons. The lowest BCUT2D eigenvalue weighted by Gasteiger charge is -2.23. The van der Waals surface area contributed by atoms with E-state index in [4.69, 9.17) is 4.74 Å². The molecule has 2 heterocycles. The van der Waals surface area contributed by atoms with Gasteiger partial charge in [-0.2, -0.15) is 0 Å². The van der Waals surface area contributed by atoms with E-state index in [1.54, 1.807) is 11.1 Å². The van der Waals surface area contributed by atoms with Crippen LogP contribution in [-0.2, 0) is 9.53 Å². The van der Waals surface area contributed by atoms with Crippen LogP contribution in [0.2, 0.25) is 0 Å². The maximum atomic E-state index is 12.6. The SMILES string of the molecule is CCCN(CCC(=O)NCCC[NH+]1CCOCC1)C(=O)c1cnc(C)cn1. The highest BCUT2D eigenvalue weighted by Gasteiger charge is 2.18. The summed E-state index contributed by atoms with van der Waals surface area (Å²) >= 11 is 0. The van der Waals surface area contributed by atoms with Gasteiger partial charge in [0.1, 0.15) is 18.8 Å². The number of ether oxygens (including phenoxy) is 1. The Bertz CT molecular complexity index is 588. The van der Waals surface area contributed by atoms with Crippen LogP contribution < -0.4 is 10.2 Å². The summed E-state index contributed by atoms with van der Waals surface area (Å²) in [7, 11) is 0. The maximum absolute atomic E-state index is 12.6. The van der Waals surface area contributed by atoms with Gasteiger partial charge in [-0.3, -0.25) is 14.6 Å². The third kappa shape index (κ3) is 7.60. The first-order chi connectivity index (χ1) is 13.1. The highest BCUT2D eigenvalue weighted by molar-refractivity contribution is 5.92. The highest BCUT2D eigenvalue weighted by atomic mass is 16.5. The molecule has 0 spiro atoms. The minimum Gasteiger partial charge on any atom is -0.370 e. The van der Waals surface area contributed by atoms with Crippen LogP contribution in [0.4, 0.5) is 0 Å². The average Bonchev–Trinajstić information content (AvgIpc) is 2.69. The molecule has 27 heavy (non-hydrogen) atoms. The fourth-order valence-electron chi connectivity index (χ4n) is 3.05. The zero-order valence-electron chi connectivity index (χ0n) is 16.5. The van der Waals surface area contributed by atoms with Gasteiger partial charge in [0.25, 0.3) is 5.91 Å². The summed E-state index contributed by atoms with van der Waals surface area (Å²) in [5.74, 6) is -0.191. The van der Waals surface area contributed by atoms with Crippen molar-refractivity contribution in [3.05, 3.63) is 23.8 Å². The molecule has 0 aromatic carbocycles. The Morgan fingerprint density at radius 1 is 1.22 bits per heavy atom. The Morgan fingerprint density at radius 2 is 2.00 bits per heavy atom. The number of nitrogens with zero attached hydrogens (tertiary/aromatic N) is 3. The van der Waals surface area contributed by atoms with Crippen molar-refractivity contribution in [3.8, 4) is 0 Å². The predicted octanol–water partition coefficient (Wildman–Crippen LogP) is -0.551. The first kappa shape index (κ1) is 21.2. The van der Waals surface area contributed by atoms with E-state index in [0.717, 1.165) is 51.4 Å². The highest BCUT2D eigenvalue weighted by Crippen LogP contribution is 2.04. The van der Waals surface area contributed by atoms with Crippen molar-refractivity contribution in [1.29, 1.82) is 0 Å². The molecular formula is C19H32N5O3+. The molecule has 2 amide bonds. The molecule has 1 fully saturated rings. The number of quaternary nitrogens is 1. The largest absolute Gasteiger partial charge is 0.370 e. The van der Waals surface area contributed by atoms with Crippen molar-refractivity contribution in [2.24, 2.45) is 0 Å². The molecule has 8 nitrogen and oxygen atoms in total. The summed E-state index contributed by atoms with van der Waals surface area (Å²) in [5, 5.41) is 2.96. The number of carbonyl (C=O) groups is 2. The number of rotatable bonds is 10. The zero-order chi connectivity index (χ0) is 19.5. The number of carbonyl (C=O) groups excluding carboxylic acids is 2. The van der Waals surface area contributed by atoms with Gasteiger partial charge in [0.15, 0.2) is 0 Å². The predicted molar refractivity (Wildman–Crippen MR) is 102 cm³/mol. The quantitative estimate of drug-likeness (QED) is 0.533. The van der Waals surface area contributed by atoms with E-state index in [1.165, 1.54) is 11.1 Å². The van der Waals surface area contributed by atoms with Gasteiger partial charge in [0.05, 0.1) is 31.6 Å². The van der Waals surface area contributed by atoms with Crippen molar-refractivity contribution in [1.82, 2.24) is 20.2 Å². The van der Waals surface area contributed by atoms with Crippen LogP contribution in [0, 0.1) is 6.92 Å². The van der Waals surface area contributed by atoms with Gasteiger partial charge >= 0.3 is 0 Å². The standard InChI is InChI=1S/C19H31N5O3/c1-3-7-24(19(26)17-15-21-16(2)14-22-17)9-5-18(25)20-6-4-8-23-10-12-27-13-11-23/h14-15H,3-13H2,1-2H3,(H,20,25)/p+1.